The van der Waals surface area contributed by atoms with Crippen LogP contribution in [-0.2, 0) is 0 Å². The number of aliphatic hydroxyl groups excluding tert-OH is 2. The van der Waals surface area contributed by atoms with Gasteiger partial charge in [0.05, 0.1) is 6.10 Å². The Labute approximate surface area is 83.5 Å². The molecule has 74 valence electrons. The summed E-state index contributed by atoms with van der Waals surface area (Å²) >= 11 is 5.84. The van der Waals surface area contributed by atoms with E-state index in [4.69, 9.17) is 11.6 Å². The average Bonchev–Trinajstić information content (AvgIpc) is 2.03. The number of aliphatic hydroxyl groups is 2. The Kier molecular flexibility index (Phi) is 3.54. The highest BCUT2D eigenvalue weighted by atomic mass is 35.5. The maximum absolute atomic E-state index is 9.63. The first-order chi connectivity index (χ1) is 6.02. The summed E-state index contributed by atoms with van der Waals surface area (Å²) in [5, 5.41) is 19.7. The minimum Gasteiger partial charge on any atom is -0.390 e. The van der Waals surface area contributed by atoms with Crippen LogP contribution < -0.4 is 0 Å². The molecule has 2 nitrogen and oxygen atoms in total. The van der Waals surface area contributed by atoms with Crippen molar-refractivity contribution in [3.05, 3.63) is 22.3 Å². The number of hydrogen-bond acceptors (Lipinski definition) is 2. The Balaban J connectivity index is 2.85. The zero-order valence-corrected chi connectivity index (χ0v) is 8.67. The van der Waals surface area contributed by atoms with E-state index >= 15 is 0 Å². The SMILES string of the molecule is CC1=C([C@H](O)[C@H](C)O)CCC(Cl)=C1. The van der Waals surface area contributed by atoms with Gasteiger partial charge in [0.25, 0.3) is 0 Å². The van der Waals surface area contributed by atoms with Crippen LogP contribution in [0, 0.1) is 0 Å². The van der Waals surface area contributed by atoms with Crippen LogP contribution >= 0.6 is 11.6 Å². The minimum absolute atomic E-state index is 0.713. The van der Waals surface area contributed by atoms with Gasteiger partial charge in [-0.05, 0) is 43.9 Å². The second-order valence-corrected chi connectivity index (χ2v) is 3.97. The summed E-state index contributed by atoms with van der Waals surface area (Å²) in [4.78, 5) is 0. The smallest absolute Gasteiger partial charge is 0.101 e. The standard InChI is InChI=1S/C10H15ClO2/c1-6-5-8(11)3-4-9(6)10(13)7(2)12/h5,7,10,12-13H,3-4H2,1-2H3/t7-,10+/m0/s1. The average molecular weight is 203 g/mol. The highest BCUT2D eigenvalue weighted by molar-refractivity contribution is 6.29. The van der Waals surface area contributed by atoms with Crippen LogP contribution in [0.25, 0.3) is 0 Å². The molecule has 2 N–H and O–H groups in total. The first-order valence-electron chi connectivity index (χ1n) is 4.44. The van der Waals surface area contributed by atoms with Gasteiger partial charge < -0.3 is 10.2 Å². The molecule has 1 rings (SSSR count). The predicted molar refractivity (Wildman–Crippen MR) is 53.6 cm³/mol. The summed E-state index contributed by atoms with van der Waals surface area (Å²) in [6.45, 7) is 3.49. The molecule has 0 unspecified atom stereocenters. The van der Waals surface area contributed by atoms with Crippen molar-refractivity contribution >= 4 is 11.6 Å². The van der Waals surface area contributed by atoms with E-state index in [2.05, 4.69) is 0 Å². The summed E-state index contributed by atoms with van der Waals surface area (Å²) in [7, 11) is 0. The highest BCUT2D eigenvalue weighted by Crippen LogP contribution is 2.28. The number of rotatable bonds is 2. The third-order valence-corrected chi connectivity index (χ3v) is 2.62. The van der Waals surface area contributed by atoms with Crippen molar-refractivity contribution in [3.8, 4) is 0 Å². The fourth-order valence-corrected chi connectivity index (χ4v) is 1.78. The molecule has 0 aromatic carbocycles. The lowest BCUT2D eigenvalue weighted by molar-refractivity contribution is 0.0520. The van der Waals surface area contributed by atoms with E-state index in [9.17, 15) is 10.2 Å². The summed E-state index contributed by atoms with van der Waals surface area (Å²) < 4.78 is 0. The third kappa shape index (κ3) is 2.56. The Bertz CT molecular complexity index is 254. The van der Waals surface area contributed by atoms with Crippen molar-refractivity contribution in [2.45, 2.75) is 38.9 Å². The van der Waals surface area contributed by atoms with Crippen molar-refractivity contribution in [2.24, 2.45) is 0 Å². The first kappa shape index (κ1) is 10.8. The fraction of sp³-hybridized carbons (Fsp3) is 0.600. The number of allylic oxidation sites excluding steroid dienone is 3. The minimum atomic E-state index is -0.749. The molecule has 1 aliphatic carbocycles. The Morgan fingerprint density at radius 1 is 1.38 bits per heavy atom. The largest absolute Gasteiger partial charge is 0.390 e. The second kappa shape index (κ2) is 4.27. The monoisotopic (exact) mass is 202 g/mol. The first-order valence-corrected chi connectivity index (χ1v) is 4.82. The van der Waals surface area contributed by atoms with Crippen molar-refractivity contribution in [1.29, 1.82) is 0 Å². The molecule has 3 heteroatoms. The molecule has 0 bridgehead atoms. The van der Waals surface area contributed by atoms with Gasteiger partial charge in [0, 0.05) is 5.03 Å². The van der Waals surface area contributed by atoms with Crippen LogP contribution in [0.3, 0.4) is 0 Å². The van der Waals surface area contributed by atoms with Gasteiger partial charge in [-0.15, -0.1) is 0 Å². The van der Waals surface area contributed by atoms with Crippen molar-refractivity contribution in [2.75, 3.05) is 0 Å². The summed E-state index contributed by atoms with van der Waals surface area (Å²) in [5.74, 6) is 0. The van der Waals surface area contributed by atoms with E-state index in [0.29, 0.717) is 0 Å². The molecule has 0 aromatic rings. The normalized spacial score (nSPS) is 22.7. The van der Waals surface area contributed by atoms with Crippen LogP contribution in [0.15, 0.2) is 22.3 Å². The van der Waals surface area contributed by atoms with Gasteiger partial charge in [0.15, 0.2) is 0 Å². The van der Waals surface area contributed by atoms with E-state index in [0.717, 1.165) is 29.0 Å². The van der Waals surface area contributed by atoms with Crippen LogP contribution in [0.4, 0.5) is 0 Å². The lowest BCUT2D eigenvalue weighted by atomic mass is 9.92. The van der Waals surface area contributed by atoms with Gasteiger partial charge in [-0.25, -0.2) is 0 Å². The second-order valence-electron chi connectivity index (χ2n) is 3.48. The molecule has 13 heavy (non-hydrogen) atoms. The molecule has 2 atom stereocenters. The van der Waals surface area contributed by atoms with E-state index in [1.54, 1.807) is 6.92 Å². The number of hydrogen-bond donors (Lipinski definition) is 2. The van der Waals surface area contributed by atoms with Gasteiger partial charge in [-0.3, -0.25) is 0 Å². The van der Waals surface area contributed by atoms with E-state index < -0.39 is 12.2 Å². The Hall–Kier alpha value is -0.310. The van der Waals surface area contributed by atoms with Crippen LogP contribution in [-0.4, -0.2) is 22.4 Å². The maximum Gasteiger partial charge on any atom is 0.101 e. The van der Waals surface area contributed by atoms with Crippen molar-refractivity contribution in [3.63, 3.8) is 0 Å². The zero-order valence-electron chi connectivity index (χ0n) is 7.92. The van der Waals surface area contributed by atoms with Crippen molar-refractivity contribution < 1.29 is 10.2 Å². The van der Waals surface area contributed by atoms with E-state index in [-0.39, 0.29) is 0 Å². The molecule has 0 amide bonds. The topological polar surface area (TPSA) is 40.5 Å². The van der Waals surface area contributed by atoms with Crippen LogP contribution in [0.5, 0.6) is 0 Å². The molecule has 0 saturated carbocycles. The van der Waals surface area contributed by atoms with E-state index in [1.807, 2.05) is 13.0 Å². The zero-order chi connectivity index (χ0) is 10.0. The fourth-order valence-electron chi connectivity index (χ4n) is 1.52. The molecule has 0 spiro atoms. The quantitative estimate of drug-likeness (QED) is 0.719. The van der Waals surface area contributed by atoms with E-state index in [1.165, 1.54) is 0 Å². The molecule has 0 heterocycles. The van der Waals surface area contributed by atoms with Gasteiger partial charge >= 0.3 is 0 Å². The van der Waals surface area contributed by atoms with Crippen molar-refractivity contribution in [1.82, 2.24) is 0 Å². The lowest BCUT2D eigenvalue weighted by Crippen LogP contribution is -2.26. The van der Waals surface area contributed by atoms with Gasteiger partial charge in [0.2, 0.25) is 0 Å². The summed E-state index contributed by atoms with van der Waals surface area (Å²) in [6, 6.07) is 0. The molecular formula is C10H15ClO2. The maximum atomic E-state index is 9.63. The summed E-state index contributed by atoms with van der Waals surface area (Å²) in [6.07, 6.45) is 1.90. The summed E-state index contributed by atoms with van der Waals surface area (Å²) in [5.41, 5.74) is 1.88. The molecule has 0 saturated heterocycles. The van der Waals surface area contributed by atoms with Gasteiger partial charge in [-0.2, -0.15) is 0 Å². The number of halogens is 1. The van der Waals surface area contributed by atoms with Gasteiger partial charge in [-0.1, -0.05) is 11.6 Å². The molecule has 0 radical (unpaired) electrons. The Morgan fingerprint density at radius 3 is 2.46 bits per heavy atom. The molecule has 0 aliphatic heterocycles. The third-order valence-electron chi connectivity index (χ3n) is 2.33. The molecule has 0 aromatic heterocycles. The predicted octanol–water partition coefficient (Wildman–Crippen LogP) is 1.96. The van der Waals surface area contributed by atoms with Crippen LogP contribution in [0.1, 0.15) is 26.7 Å². The Morgan fingerprint density at radius 2 is 2.00 bits per heavy atom. The molecular weight excluding hydrogens is 188 g/mol. The highest BCUT2D eigenvalue weighted by Gasteiger charge is 2.20. The molecule has 0 fully saturated rings. The lowest BCUT2D eigenvalue weighted by Gasteiger charge is -2.22. The van der Waals surface area contributed by atoms with Gasteiger partial charge in [0.1, 0.15) is 6.10 Å². The molecule has 1 aliphatic rings. The van der Waals surface area contributed by atoms with Crippen LogP contribution in [0.2, 0.25) is 0 Å².